The maximum absolute atomic E-state index is 13.5. The molecule has 0 bridgehead atoms. The SMILES string of the molecule is CCOC1CC(N)(C(=O)NCC(c2cccc(F)c2)N(C)C)C1(C)C.Cl.Cl. The van der Waals surface area contributed by atoms with Crippen molar-refractivity contribution in [3.05, 3.63) is 35.6 Å². The Kier molecular flexibility index (Phi) is 9.69. The molecule has 3 N–H and O–H groups in total. The first kappa shape index (κ1) is 26.1. The van der Waals surface area contributed by atoms with Gasteiger partial charge in [-0.25, -0.2) is 4.39 Å². The first-order chi connectivity index (χ1) is 11.6. The Morgan fingerprint density at radius 1 is 1.41 bits per heavy atom. The molecule has 0 aliphatic heterocycles. The fourth-order valence-corrected chi connectivity index (χ4v) is 3.48. The molecule has 0 radical (unpaired) electrons. The number of hydrogen-bond donors (Lipinski definition) is 2. The number of halogens is 3. The zero-order valence-electron chi connectivity index (χ0n) is 16.6. The summed E-state index contributed by atoms with van der Waals surface area (Å²) in [7, 11) is 3.80. The van der Waals surface area contributed by atoms with E-state index in [1.807, 2.05) is 45.8 Å². The van der Waals surface area contributed by atoms with Crippen LogP contribution in [-0.2, 0) is 9.53 Å². The van der Waals surface area contributed by atoms with Crippen LogP contribution in [0.4, 0.5) is 4.39 Å². The average Bonchev–Trinajstić information content (AvgIpc) is 2.54. The van der Waals surface area contributed by atoms with Gasteiger partial charge in [0.2, 0.25) is 5.91 Å². The lowest BCUT2D eigenvalue weighted by Crippen LogP contribution is -2.76. The Labute approximate surface area is 174 Å². The van der Waals surface area contributed by atoms with Gasteiger partial charge < -0.3 is 20.7 Å². The zero-order valence-corrected chi connectivity index (χ0v) is 18.3. The third kappa shape index (κ3) is 5.12. The molecule has 0 aromatic heterocycles. The van der Waals surface area contributed by atoms with Crippen LogP contribution >= 0.6 is 24.8 Å². The van der Waals surface area contributed by atoms with Gasteiger partial charge in [0.15, 0.2) is 0 Å². The summed E-state index contributed by atoms with van der Waals surface area (Å²) >= 11 is 0. The predicted octanol–water partition coefficient (Wildman–Crippen LogP) is 2.92. The van der Waals surface area contributed by atoms with Gasteiger partial charge in [0.05, 0.1) is 12.1 Å². The van der Waals surface area contributed by atoms with E-state index in [4.69, 9.17) is 10.5 Å². The normalized spacial score (nSPS) is 24.2. The second-order valence-electron chi connectivity index (χ2n) is 7.59. The molecule has 27 heavy (non-hydrogen) atoms. The quantitative estimate of drug-likeness (QED) is 0.707. The summed E-state index contributed by atoms with van der Waals surface area (Å²) in [6.07, 6.45) is 0.493. The van der Waals surface area contributed by atoms with Crippen molar-refractivity contribution in [2.75, 3.05) is 27.2 Å². The van der Waals surface area contributed by atoms with Crippen molar-refractivity contribution in [2.45, 2.75) is 44.9 Å². The van der Waals surface area contributed by atoms with E-state index in [1.54, 1.807) is 6.07 Å². The van der Waals surface area contributed by atoms with E-state index in [0.717, 1.165) is 5.56 Å². The van der Waals surface area contributed by atoms with Crippen LogP contribution < -0.4 is 11.1 Å². The second-order valence-corrected chi connectivity index (χ2v) is 7.59. The molecule has 1 amide bonds. The van der Waals surface area contributed by atoms with Gasteiger partial charge in [-0.15, -0.1) is 24.8 Å². The molecule has 0 spiro atoms. The minimum atomic E-state index is -0.953. The number of benzene rings is 1. The topological polar surface area (TPSA) is 67.6 Å². The lowest BCUT2D eigenvalue weighted by atomic mass is 9.54. The molecule has 1 fully saturated rings. The van der Waals surface area contributed by atoms with Gasteiger partial charge in [0.25, 0.3) is 0 Å². The van der Waals surface area contributed by atoms with Gasteiger partial charge in [0.1, 0.15) is 11.4 Å². The molecule has 3 atom stereocenters. The molecule has 5 nitrogen and oxygen atoms in total. The van der Waals surface area contributed by atoms with E-state index >= 15 is 0 Å². The Hall–Kier alpha value is -0.920. The van der Waals surface area contributed by atoms with Gasteiger partial charge in [-0.1, -0.05) is 26.0 Å². The van der Waals surface area contributed by atoms with Gasteiger partial charge >= 0.3 is 0 Å². The fourth-order valence-electron chi connectivity index (χ4n) is 3.48. The van der Waals surface area contributed by atoms with E-state index in [-0.39, 0.29) is 48.7 Å². The van der Waals surface area contributed by atoms with E-state index in [9.17, 15) is 9.18 Å². The Balaban J connectivity index is 0.00000338. The summed E-state index contributed by atoms with van der Waals surface area (Å²) in [6, 6.07) is 6.31. The number of nitrogens with one attached hydrogen (secondary N) is 1. The van der Waals surface area contributed by atoms with Crippen LogP contribution in [0.1, 0.15) is 38.8 Å². The van der Waals surface area contributed by atoms with Crippen molar-refractivity contribution in [3.63, 3.8) is 0 Å². The van der Waals surface area contributed by atoms with Crippen molar-refractivity contribution in [1.82, 2.24) is 10.2 Å². The van der Waals surface area contributed by atoms with E-state index < -0.39 is 11.0 Å². The number of nitrogens with zero attached hydrogens (tertiary/aromatic N) is 1. The minimum absolute atomic E-state index is 0. The molecule has 0 heterocycles. The summed E-state index contributed by atoms with van der Waals surface area (Å²) < 4.78 is 19.2. The van der Waals surface area contributed by atoms with E-state index in [1.165, 1.54) is 12.1 Å². The van der Waals surface area contributed by atoms with Crippen LogP contribution in [0.2, 0.25) is 0 Å². The maximum atomic E-state index is 13.5. The molecule has 0 saturated heterocycles. The number of likely N-dealkylation sites (N-methyl/N-ethyl adjacent to an activating group) is 1. The van der Waals surface area contributed by atoms with Crippen molar-refractivity contribution >= 4 is 30.7 Å². The van der Waals surface area contributed by atoms with E-state index in [0.29, 0.717) is 19.6 Å². The molecule has 156 valence electrons. The average molecular weight is 424 g/mol. The number of amides is 1. The summed E-state index contributed by atoms with van der Waals surface area (Å²) in [6.45, 7) is 6.84. The van der Waals surface area contributed by atoms with Crippen molar-refractivity contribution in [2.24, 2.45) is 11.1 Å². The number of nitrogens with two attached hydrogens (primary N) is 1. The molecule has 1 aliphatic rings. The minimum Gasteiger partial charge on any atom is -0.378 e. The van der Waals surface area contributed by atoms with Crippen LogP contribution in [0.5, 0.6) is 0 Å². The number of ether oxygens (including phenoxy) is 1. The predicted molar refractivity (Wildman–Crippen MR) is 111 cm³/mol. The van der Waals surface area contributed by atoms with Crippen LogP contribution in [0, 0.1) is 11.2 Å². The third-order valence-corrected chi connectivity index (χ3v) is 5.55. The molecule has 1 aliphatic carbocycles. The molecule has 1 aromatic rings. The molecule has 1 saturated carbocycles. The highest BCUT2D eigenvalue weighted by Gasteiger charge is 2.62. The smallest absolute Gasteiger partial charge is 0.240 e. The maximum Gasteiger partial charge on any atom is 0.240 e. The first-order valence-electron chi connectivity index (χ1n) is 8.74. The van der Waals surface area contributed by atoms with Gasteiger partial charge in [0, 0.05) is 25.0 Å². The van der Waals surface area contributed by atoms with Crippen LogP contribution in [0.25, 0.3) is 0 Å². The molecule has 1 aromatic carbocycles. The van der Waals surface area contributed by atoms with Crippen LogP contribution in [-0.4, -0.2) is 49.7 Å². The molecule has 3 unspecified atom stereocenters. The summed E-state index contributed by atoms with van der Waals surface area (Å²) in [5.74, 6) is -0.470. The van der Waals surface area contributed by atoms with E-state index in [2.05, 4.69) is 5.32 Å². The van der Waals surface area contributed by atoms with Gasteiger partial charge in [-0.2, -0.15) is 0 Å². The highest BCUT2D eigenvalue weighted by atomic mass is 35.5. The van der Waals surface area contributed by atoms with Crippen molar-refractivity contribution in [1.29, 1.82) is 0 Å². The van der Waals surface area contributed by atoms with Gasteiger partial charge in [-0.3, -0.25) is 4.79 Å². The second kappa shape index (κ2) is 10.0. The number of hydrogen-bond acceptors (Lipinski definition) is 4. The summed E-state index contributed by atoms with van der Waals surface area (Å²) in [5.41, 5.74) is 5.84. The van der Waals surface area contributed by atoms with Crippen LogP contribution in [0.15, 0.2) is 24.3 Å². The third-order valence-electron chi connectivity index (χ3n) is 5.55. The largest absolute Gasteiger partial charge is 0.378 e. The zero-order chi connectivity index (χ0) is 18.8. The number of carbonyl (C=O) groups excluding carboxylic acids is 1. The van der Waals surface area contributed by atoms with Crippen molar-refractivity contribution in [3.8, 4) is 0 Å². The Bertz CT molecular complexity index is 631. The fraction of sp³-hybridized carbons (Fsp3) is 0.632. The lowest BCUT2D eigenvalue weighted by molar-refractivity contribution is -0.170. The highest BCUT2D eigenvalue weighted by molar-refractivity contribution is 5.88. The lowest BCUT2D eigenvalue weighted by Gasteiger charge is -2.57. The monoisotopic (exact) mass is 423 g/mol. The number of rotatable bonds is 7. The van der Waals surface area contributed by atoms with Crippen LogP contribution in [0.3, 0.4) is 0 Å². The molecule has 8 heteroatoms. The van der Waals surface area contributed by atoms with Gasteiger partial charge in [-0.05, 0) is 38.7 Å². The number of carbonyl (C=O) groups is 1. The summed E-state index contributed by atoms with van der Waals surface area (Å²) in [4.78, 5) is 14.7. The standard InChI is InChI=1S/C19H30FN3O2.2ClH/c1-6-25-16-11-19(21,18(16,2)3)17(24)22-12-15(23(4)5)13-8-7-9-14(20)10-13;;/h7-10,15-16H,6,11-12,21H2,1-5H3,(H,22,24);2*1H. The molecular formula is C19H32Cl2FN3O2. The van der Waals surface area contributed by atoms with Crippen molar-refractivity contribution < 1.29 is 13.9 Å². The molecule has 2 rings (SSSR count). The Morgan fingerprint density at radius 2 is 2.04 bits per heavy atom. The summed E-state index contributed by atoms with van der Waals surface area (Å²) in [5, 5.41) is 2.96. The Morgan fingerprint density at radius 3 is 2.52 bits per heavy atom. The molecular weight excluding hydrogens is 392 g/mol. The first-order valence-corrected chi connectivity index (χ1v) is 8.74. The highest BCUT2D eigenvalue weighted by Crippen LogP contribution is 2.49.